The number of halogens is 2. The Labute approximate surface area is 150 Å². The molecule has 3 aliphatic rings. The molecule has 1 aromatic rings. The van der Waals surface area contributed by atoms with Gasteiger partial charge in [0.05, 0.1) is 0 Å². The molecule has 0 aliphatic carbocycles. The maximum Gasteiger partial charge on any atom is 0.254 e. The number of carbonyl (C=O) groups is 1. The minimum atomic E-state index is 0. The van der Waals surface area contributed by atoms with E-state index in [0.717, 1.165) is 31.6 Å². The summed E-state index contributed by atoms with van der Waals surface area (Å²) in [6.45, 7) is 6.31. The van der Waals surface area contributed by atoms with Crippen LogP contribution in [0.25, 0.3) is 0 Å². The van der Waals surface area contributed by atoms with Gasteiger partial charge in [0.2, 0.25) is 0 Å². The third-order valence-electron chi connectivity index (χ3n) is 5.26. The topological polar surface area (TPSA) is 35.6 Å². The molecule has 3 heterocycles. The van der Waals surface area contributed by atoms with E-state index in [2.05, 4.69) is 34.2 Å². The van der Waals surface area contributed by atoms with Gasteiger partial charge in [-0.1, -0.05) is 0 Å². The van der Waals surface area contributed by atoms with Crippen LogP contribution in [0.2, 0.25) is 0 Å². The summed E-state index contributed by atoms with van der Waals surface area (Å²) in [7, 11) is 0. The van der Waals surface area contributed by atoms with Crippen LogP contribution in [0.3, 0.4) is 0 Å². The van der Waals surface area contributed by atoms with Crippen molar-refractivity contribution in [2.45, 2.75) is 38.3 Å². The van der Waals surface area contributed by atoms with E-state index in [-0.39, 0.29) is 30.7 Å². The lowest BCUT2D eigenvalue weighted by molar-refractivity contribution is 0.0395. The molecule has 1 amide bonds. The van der Waals surface area contributed by atoms with Gasteiger partial charge < -0.3 is 10.2 Å². The molecule has 2 saturated heterocycles. The molecule has 0 radical (unpaired) electrons. The lowest BCUT2D eigenvalue weighted by Crippen LogP contribution is -2.56. The molecule has 6 heteroatoms. The Morgan fingerprint density at radius 1 is 1.26 bits per heavy atom. The lowest BCUT2D eigenvalue weighted by Gasteiger charge is -2.42. The molecule has 1 aromatic carbocycles. The molecule has 128 valence electrons. The number of nitrogens with one attached hydrogen (secondary N) is 1. The average molecular weight is 358 g/mol. The largest absolute Gasteiger partial charge is 0.384 e. The number of anilines is 1. The molecule has 0 bridgehead atoms. The molecule has 2 atom stereocenters. The monoisotopic (exact) mass is 357 g/mol. The van der Waals surface area contributed by atoms with E-state index < -0.39 is 0 Å². The molecule has 4 rings (SSSR count). The van der Waals surface area contributed by atoms with Gasteiger partial charge in [0.15, 0.2) is 0 Å². The maximum atomic E-state index is 12.9. The van der Waals surface area contributed by atoms with Gasteiger partial charge in [0.25, 0.3) is 5.91 Å². The zero-order valence-electron chi connectivity index (χ0n) is 13.5. The second-order valence-electron chi connectivity index (χ2n) is 6.65. The standard InChI is InChI=1S/C17H23N3O.2ClH/c1-12-10-19-8-2-3-15(19)11-20(12)17(21)14-4-5-16-13(9-14)6-7-18-16;;/h4-5,9,12,15,18H,2-3,6-8,10-11H2,1H3;2*1H. The van der Waals surface area contributed by atoms with E-state index in [1.165, 1.54) is 30.6 Å². The van der Waals surface area contributed by atoms with Gasteiger partial charge in [0, 0.05) is 43.0 Å². The molecule has 1 N–H and O–H groups in total. The molecule has 2 fully saturated rings. The summed E-state index contributed by atoms with van der Waals surface area (Å²) in [5, 5.41) is 3.35. The summed E-state index contributed by atoms with van der Waals surface area (Å²) in [5.41, 5.74) is 3.34. The van der Waals surface area contributed by atoms with E-state index in [1.807, 2.05) is 6.07 Å². The molecular weight excluding hydrogens is 333 g/mol. The summed E-state index contributed by atoms with van der Waals surface area (Å²) in [5.74, 6) is 0.212. The summed E-state index contributed by atoms with van der Waals surface area (Å²) in [6, 6.07) is 7.03. The minimum absolute atomic E-state index is 0. The van der Waals surface area contributed by atoms with Gasteiger partial charge in [-0.05, 0) is 56.5 Å². The summed E-state index contributed by atoms with van der Waals surface area (Å²) in [4.78, 5) is 17.5. The Bertz CT molecular complexity index is 581. The smallest absolute Gasteiger partial charge is 0.254 e. The highest BCUT2D eigenvalue weighted by Crippen LogP contribution is 2.27. The molecule has 4 nitrogen and oxygen atoms in total. The zero-order chi connectivity index (χ0) is 14.4. The normalized spacial score (nSPS) is 25.7. The molecule has 3 aliphatic heterocycles. The Hall–Kier alpha value is -0.970. The second-order valence-corrected chi connectivity index (χ2v) is 6.65. The van der Waals surface area contributed by atoms with Crippen LogP contribution in [0, 0.1) is 0 Å². The third kappa shape index (κ3) is 3.30. The van der Waals surface area contributed by atoms with Crippen molar-refractivity contribution in [3.63, 3.8) is 0 Å². The van der Waals surface area contributed by atoms with Crippen molar-refractivity contribution in [3.8, 4) is 0 Å². The number of hydrogen-bond donors (Lipinski definition) is 1. The quantitative estimate of drug-likeness (QED) is 0.839. The number of fused-ring (bicyclic) bond motifs is 2. The van der Waals surface area contributed by atoms with Crippen molar-refractivity contribution >= 4 is 36.4 Å². The highest BCUT2D eigenvalue weighted by molar-refractivity contribution is 5.95. The second kappa shape index (κ2) is 7.29. The van der Waals surface area contributed by atoms with E-state index >= 15 is 0 Å². The SMILES string of the molecule is CC1CN2CCCC2CN1C(=O)c1ccc2c(c1)CCN2.Cl.Cl. The van der Waals surface area contributed by atoms with Crippen molar-refractivity contribution in [2.75, 3.05) is 31.5 Å². The molecule has 0 saturated carbocycles. The van der Waals surface area contributed by atoms with Crippen LogP contribution in [0.1, 0.15) is 35.7 Å². The van der Waals surface area contributed by atoms with E-state index in [4.69, 9.17) is 0 Å². The van der Waals surface area contributed by atoms with E-state index in [0.29, 0.717) is 12.1 Å². The number of nitrogens with zero attached hydrogens (tertiary/aromatic N) is 2. The summed E-state index contributed by atoms with van der Waals surface area (Å²) < 4.78 is 0. The van der Waals surface area contributed by atoms with Crippen LogP contribution < -0.4 is 5.32 Å². The summed E-state index contributed by atoms with van der Waals surface area (Å²) in [6.07, 6.45) is 3.55. The Morgan fingerprint density at radius 3 is 2.91 bits per heavy atom. The average Bonchev–Trinajstić information content (AvgIpc) is 3.12. The number of benzene rings is 1. The number of amides is 1. The first-order valence-electron chi connectivity index (χ1n) is 8.14. The molecule has 0 spiro atoms. The lowest BCUT2D eigenvalue weighted by atomic mass is 10.0. The predicted molar refractivity (Wildman–Crippen MR) is 98.2 cm³/mol. The fourth-order valence-corrected chi connectivity index (χ4v) is 4.07. The van der Waals surface area contributed by atoms with Crippen LogP contribution >= 0.6 is 24.8 Å². The fraction of sp³-hybridized carbons (Fsp3) is 0.588. The first-order valence-corrected chi connectivity index (χ1v) is 8.14. The van der Waals surface area contributed by atoms with E-state index in [1.54, 1.807) is 0 Å². The Kier molecular flexibility index (Phi) is 5.82. The zero-order valence-corrected chi connectivity index (χ0v) is 15.1. The van der Waals surface area contributed by atoms with Gasteiger partial charge in [-0.2, -0.15) is 0 Å². The number of piperazine rings is 1. The molecule has 2 unspecified atom stereocenters. The van der Waals surface area contributed by atoms with Gasteiger partial charge in [-0.15, -0.1) is 24.8 Å². The maximum absolute atomic E-state index is 12.9. The van der Waals surface area contributed by atoms with Crippen LogP contribution in [0.5, 0.6) is 0 Å². The number of rotatable bonds is 1. The third-order valence-corrected chi connectivity index (χ3v) is 5.26. The van der Waals surface area contributed by atoms with E-state index in [9.17, 15) is 4.79 Å². The predicted octanol–water partition coefficient (Wildman–Crippen LogP) is 2.81. The highest BCUT2D eigenvalue weighted by Gasteiger charge is 2.36. The van der Waals surface area contributed by atoms with Gasteiger partial charge in [-0.3, -0.25) is 9.69 Å². The highest BCUT2D eigenvalue weighted by atomic mass is 35.5. The minimum Gasteiger partial charge on any atom is -0.384 e. The molecule has 0 aromatic heterocycles. The molecular formula is C17H25Cl2N3O. The van der Waals surface area contributed by atoms with Crippen molar-refractivity contribution in [2.24, 2.45) is 0 Å². The Morgan fingerprint density at radius 2 is 2.09 bits per heavy atom. The molecule has 23 heavy (non-hydrogen) atoms. The van der Waals surface area contributed by atoms with Gasteiger partial charge >= 0.3 is 0 Å². The first kappa shape index (κ1) is 18.4. The van der Waals surface area contributed by atoms with Crippen LogP contribution in [-0.2, 0) is 6.42 Å². The van der Waals surface area contributed by atoms with Crippen molar-refractivity contribution in [1.82, 2.24) is 9.80 Å². The van der Waals surface area contributed by atoms with Crippen LogP contribution in [0.15, 0.2) is 18.2 Å². The fourth-order valence-electron chi connectivity index (χ4n) is 4.07. The number of hydrogen-bond acceptors (Lipinski definition) is 3. The first-order chi connectivity index (χ1) is 10.2. The summed E-state index contributed by atoms with van der Waals surface area (Å²) >= 11 is 0. The van der Waals surface area contributed by atoms with Crippen LogP contribution in [-0.4, -0.2) is 54.0 Å². The van der Waals surface area contributed by atoms with Crippen LogP contribution in [0.4, 0.5) is 5.69 Å². The Balaban J connectivity index is 0.000000960. The number of carbonyl (C=O) groups excluding carboxylic acids is 1. The van der Waals surface area contributed by atoms with Gasteiger partial charge in [-0.25, -0.2) is 0 Å². The van der Waals surface area contributed by atoms with Crippen molar-refractivity contribution in [1.29, 1.82) is 0 Å². The van der Waals surface area contributed by atoms with Gasteiger partial charge in [0.1, 0.15) is 0 Å². The van der Waals surface area contributed by atoms with Crippen molar-refractivity contribution < 1.29 is 4.79 Å². The van der Waals surface area contributed by atoms with Crippen molar-refractivity contribution in [3.05, 3.63) is 29.3 Å².